The molecule has 3 rings (SSSR count). The predicted molar refractivity (Wildman–Crippen MR) is 90.9 cm³/mol. The van der Waals surface area contributed by atoms with E-state index >= 15 is 0 Å². The van der Waals surface area contributed by atoms with Crippen molar-refractivity contribution in [2.45, 2.75) is 57.0 Å². The van der Waals surface area contributed by atoms with E-state index in [0.29, 0.717) is 23.7 Å². The third-order valence-corrected chi connectivity index (χ3v) is 6.64. The zero-order valence-electron chi connectivity index (χ0n) is 14.5. The summed E-state index contributed by atoms with van der Waals surface area (Å²) in [4.78, 5) is 0.320. The van der Waals surface area contributed by atoms with Crippen molar-refractivity contribution in [3.63, 3.8) is 0 Å². The predicted octanol–water partition coefficient (Wildman–Crippen LogP) is 2.25. The van der Waals surface area contributed by atoms with Gasteiger partial charge >= 0.3 is 0 Å². The van der Waals surface area contributed by atoms with Crippen molar-refractivity contribution in [3.05, 3.63) is 29.8 Å². The quantitative estimate of drug-likeness (QED) is 0.847. The zero-order chi connectivity index (χ0) is 17.3. The fourth-order valence-corrected chi connectivity index (χ4v) is 5.21. The molecule has 2 aromatic rings. The third kappa shape index (κ3) is 3.12. The summed E-state index contributed by atoms with van der Waals surface area (Å²) in [6.45, 7) is 4.91. The number of rotatable bonds is 4. The summed E-state index contributed by atoms with van der Waals surface area (Å²) in [5.74, 6) is 0. The van der Waals surface area contributed by atoms with Gasteiger partial charge in [-0.15, -0.1) is 0 Å². The van der Waals surface area contributed by atoms with E-state index in [-0.39, 0.29) is 6.04 Å². The molecule has 0 aliphatic carbocycles. The number of aryl methyl sites for hydroxylation is 3. The van der Waals surface area contributed by atoms with Crippen molar-refractivity contribution in [1.82, 2.24) is 23.9 Å². The fraction of sp³-hybridized carbons (Fsp3) is 0.625. The summed E-state index contributed by atoms with van der Waals surface area (Å²) in [5.41, 5.74) is 1.52. The van der Waals surface area contributed by atoms with Gasteiger partial charge in [0.15, 0.2) is 0 Å². The Bertz CT molecular complexity index is 808. The Hall–Kier alpha value is -1.67. The monoisotopic (exact) mass is 351 g/mol. The summed E-state index contributed by atoms with van der Waals surface area (Å²) < 4.78 is 31.7. The van der Waals surface area contributed by atoms with E-state index in [0.717, 1.165) is 31.2 Å². The van der Waals surface area contributed by atoms with E-state index < -0.39 is 10.0 Å². The van der Waals surface area contributed by atoms with Crippen LogP contribution in [0.25, 0.3) is 0 Å². The SMILES string of the molecule is CCn1cc(S(=O)(=O)N2CCCCCC2c2cnn(C)c2)c(C)n1. The summed E-state index contributed by atoms with van der Waals surface area (Å²) in [6, 6.07) is -0.157. The highest BCUT2D eigenvalue weighted by Crippen LogP contribution is 2.35. The van der Waals surface area contributed by atoms with Crippen LogP contribution in [-0.4, -0.2) is 38.8 Å². The van der Waals surface area contributed by atoms with Crippen LogP contribution in [0.3, 0.4) is 0 Å². The smallest absolute Gasteiger partial charge is 0.247 e. The van der Waals surface area contributed by atoms with Gasteiger partial charge in [0.05, 0.1) is 17.9 Å². The molecule has 132 valence electrons. The molecule has 0 amide bonds. The van der Waals surface area contributed by atoms with E-state index in [1.54, 1.807) is 33.0 Å². The van der Waals surface area contributed by atoms with Crippen LogP contribution >= 0.6 is 0 Å². The molecule has 0 spiro atoms. The third-order valence-electron chi connectivity index (χ3n) is 4.63. The maximum atomic E-state index is 13.3. The van der Waals surface area contributed by atoms with E-state index in [4.69, 9.17) is 0 Å². The van der Waals surface area contributed by atoms with Crippen molar-refractivity contribution < 1.29 is 8.42 Å². The van der Waals surface area contributed by atoms with Gasteiger partial charge in [-0.2, -0.15) is 14.5 Å². The average Bonchev–Trinajstić information content (AvgIpc) is 3.04. The molecule has 3 heterocycles. The minimum atomic E-state index is -3.58. The van der Waals surface area contributed by atoms with Gasteiger partial charge in [-0.1, -0.05) is 12.8 Å². The lowest BCUT2D eigenvalue weighted by atomic mass is 10.1. The number of sulfonamides is 1. The Morgan fingerprint density at radius 2 is 2.04 bits per heavy atom. The molecule has 1 unspecified atom stereocenters. The fourth-order valence-electron chi connectivity index (χ4n) is 3.36. The van der Waals surface area contributed by atoms with E-state index in [9.17, 15) is 8.42 Å². The van der Waals surface area contributed by atoms with Crippen LogP contribution in [0.1, 0.15) is 49.9 Å². The standard InChI is InChI=1S/C16H25N5O2S/c1-4-20-12-16(13(2)18-20)24(22,23)21-9-7-5-6-8-15(21)14-10-17-19(3)11-14/h10-12,15H,4-9H2,1-3H3. The highest BCUT2D eigenvalue weighted by Gasteiger charge is 2.35. The lowest BCUT2D eigenvalue weighted by Gasteiger charge is -2.28. The first kappa shape index (κ1) is 17.2. The van der Waals surface area contributed by atoms with Crippen LogP contribution in [0.4, 0.5) is 0 Å². The summed E-state index contributed by atoms with van der Waals surface area (Å²) in [6.07, 6.45) is 9.13. The minimum Gasteiger partial charge on any atom is -0.275 e. The number of hydrogen-bond acceptors (Lipinski definition) is 4. The molecule has 0 radical (unpaired) electrons. The van der Waals surface area contributed by atoms with Crippen molar-refractivity contribution in [3.8, 4) is 0 Å². The minimum absolute atomic E-state index is 0.157. The van der Waals surface area contributed by atoms with E-state index in [1.807, 2.05) is 20.2 Å². The maximum absolute atomic E-state index is 13.3. The first-order chi connectivity index (χ1) is 11.4. The highest BCUT2D eigenvalue weighted by atomic mass is 32.2. The summed E-state index contributed by atoms with van der Waals surface area (Å²) in [7, 11) is -1.72. The first-order valence-corrected chi connectivity index (χ1v) is 9.92. The second kappa shape index (κ2) is 6.68. The topological polar surface area (TPSA) is 73.0 Å². The first-order valence-electron chi connectivity index (χ1n) is 8.48. The molecule has 0 N–H and O–H groups in total. The molecule has 1 aliphatic rings. The molecule has 1 fully saturated rings. The van der Waals surface area contributed by atoms with Gasteiger partial charge in [-0.3, -0.25) is 9.36 Å². The summed E-state index contributed by atoms with van der Waals surface area (Å²) >= 11 is 0. The van der Waals surface area contributed by atoms with Gasteiger partial charge in [0.2, 0.25) is 10.0 Å². The molecule has 0 aromatic carbocycles. The lowest BCUT2D eigenvalue weighted by molar-refractivity contribution is 0.328. The second-order valence-corrected chi connectivity index (χ2v) is 8.22. The molecule has 1 saturated heterocycles. The zero-order valence-corrected chi connectivity index (χ0v) is 15.3. The van der Waals surface area contributed by atoms with Crippen LogP contribution < -0.4 is 0 Å². The number of hydrogen-bond donors (Lipinski definition) is 0. The normalized spacial score (nSPS) is 20.2. The molecule has 0 bridgehead atoms. The molecule has 2 aromatic heterocycles. The second-order valence-electron chi connectivity index (χ2n) is 6.36. The Balaban J connectivity index is 2.03. The van der Waals surface area contributed by atoms with Crippen LogP contribution in [0.15, 0.2) is 23.5 Å². The summed E-state index contributed by atoms with van der Waals surface area (Å²) in [5, 5.41) is 8.54. The molecule has 1 atom stereocenters. The van der Waals surface area contributed by atoms with Crippen molar-refractivity contribution in [2.24, 2.45) is 7.05 Å². The van der Waals surface area contributed by atoms with Crippen molar-refractivity contribution in [1.29, 1.82) is 0 Å². The van der Waals surface area contributed by atoms with Crippen LogP contribution in [0, 0.1) is 6.92 Å². The van der Waals surface area contributed by atoms with Gasteiger partial charge in [0.1, 0.15) is 4.90 Å². The van der Waals surface area contributed by atoms with Gasteiger partial charge in [0.25, 0.3) is 0 Å². The van der Waals surface area contributed by atoms with Crippen LogP contribution in [0.2, 0.25) is 0 Å². The highest BCUT2D eigenvalue weighted by molar-refractivity contribution is 7.89. The van der Waals surface area contributed by atoms with Gasteiger partial charge < -0.3 is 0 Å². The molecule has 7 nitrogen and oxygen atoms in total. The molecule has 8 heteroatoms. The largest absolute Gasteiger partial charge is 0.275 e. The number of nitrogens with zero attached hydrogens (tertiary/aromatic N) is 5. The van der Waals surface area contributed by atoms with Crippen LogP contribution in [-0.2, 0) is 23.6 Å². The molecule has 1 aliphatic heterocycles. The molecular formula is C16H25N5O2S. The number of aromatic nitrogens is 4. The van der Waals surface area contributed by atoms with Crippen molar-refractivity contribution in [2.75, 3.05) is 6.54 Å². The Morgan fingerprint density at radius 3 is 2.67 bits per heavy atom. The maximum Gasteiger partial charge on any atom is 0.247 e. The van der Waals surface area contributed by atoms with Crippen molar-refractivity contribution >= 4 is 10.0 Å². The van der Waals surface area contributed by atoms with Gasteiger partial charge in [-0.25, -0.2) is 8.42 Å². The lowest BCUT2D eigenvalue weighted by Crippen LogP contribution is -2.35. The Labute approximate surface area is 143 Å². The molecule has 0 saturated carbocycles. The van der Waals surface area contributed by atoms with Crippen LogP contribution in [0.5, 0.6) is 0 Å². The van der Waals surface area contributed by atoms with E-state index in [2.05, 4.69) is 10.2 Å². The Morgan fingerprint density at radius 1 is 1.25 bits per heavy atom. The molecular weight excluding hydrogens is 326 g/mol. The van der Waals surface area contributed by atoms with Gasteiger partial charge in [-0.05, 0) is 26.7 Å². The van der Waals surface area contributed by atoms with Gasteiger partial charge in [0, 0.05) is 38.1 Å². The van der Waals surface area contributed by atoms with E-state index in [1.165, 1.54) is 0 Å². The Kier molecular flexibility index (Phi) is 4.78. The average molecular weight is 351 g/mol. The molecule has 24 heavy (non-hydrogen) atoms.